The van der Waals surface area contributed by atoms with E-state index in [9.17, 15) is 0 Å². The van der Waals surface area contributed by atoms with E-state index in [1.807, 2.05) is 48.5 Å². The number of para-hydroxylation sites is 2. The summed E-state index contributed by atoms with van der Waals surface area (Å²) in [5.41, 5.74) is 1.15. The molecule has 0 amide bonds. The van der Waals surface area contributed by atoms with Crippen LogP contribution in [0.15, 0.2) is 65.7 Å². The van der Waals surface area contributed by atoms with Gasteiger partial charge in [0.2, 0.25) is 0 Å². The molecule has 128 valence electrons. The van der Waals surface area contributed by atoms with Crippen LogP contribution in [0.3, 0.4) is 0 Å². The fourth-order valence-electron chi connectivity index (χ4n) is 2.16. The van der Waals surface area contributed by atoms with Crippen molar-refractivity contribution >= 4 is 11.6 Å². The van der Waals surface area contributed by atoms with Crippen molar-refractivity contribution in [3.05, 3.63) is 60.7 Å². The molecule has 3 N–H and O–H groups in total. The molecule has 0 heterocycles. The minimum absolute atomic E-state index is 0.597. The maximum Gasteiger partial charge on any atom is 0.191 e. The van der Waals surface area contributed by atoms with E-state index < -0.39 is 0 Å². The molecule has 0 spiro atoms. The Bertz CT molecular complexity index is 587. The summed E-state index contributed by atoms with van der Waals surface area (Å²) in [7, 11) is 1.77. The van der Waals surface area contributed by atoms with Crippen LogP contribution in [0.1, 0.15) is 6.42 Å². The number of hydrogen-bond donors (Lipinski definition) is 3. The van der Waals surface area contributed by atoms with Crippen molar-refractivity contribution in [1.82, 2.24) is 10.6 Å². The van der Waals surface area contributed by atoms with Gasteiger partial charge in [-0.25, -0.2) is 0 Å². The van der Waals surface area contributed by atoms with Crippen LogP contribution in [-0.4, -0.2) is 39.2 Å². The van der Waals surface area contributed by atoms with Gasteiger partial charge in [0.1, 0.15) is 12.4 Å². The van der Waals surface area contributed by atoms with Gasteiger partial charge in [-0.05, 0) is 30.7 Å². The lowest BCUT2D eigenvalue weighted by Crippen LogP contribution is -2.40. The second-order valence-electron chi connectivity index (χ2n) is 5.23. The van der Waals surface area contributed by atoms with E-state index in [1.165, 1.54) is 0 Å². The van der Waals surface area contributed by atoms with Crippen LogP contribution in [0, 0.1) is 0 Å². The average Bonchev–Trinajstić information content (AvgIpc) is 2.65. The summed E-state index contributed by atoms with van der Waals surface area (Å²) < 4.78 is 5.64. The van der Waals surface area contributed by atoms with Gasteiger partial charge in [-0.1, -0.05) is 36.4 Å². The Morgan fingerprint density at radius 1 is 0.875 bits per heavy atom. The minimum atomic E-state index is 0.597. The standard InChI is InChI=1S/C19H26N4O/c1-20-19(23-15-16-24-18-11-6-3-7-12-18)22-14-8-13-21-17-9-4-2-5-10-17/h2-7,9-12,21H,8,13-16H2,1H3,(H2,20,22,23). The Balaban J connectivity index is 1.52. The summed E-state index contributed by atoms with van der Waals surface area (Å²) in [5.74, 6) is 1.68. The molecule has 24 heavy (non-hydrogen) atoms. The van der Waals surface area contributed by atoms with Crippen LogP contribution in [0.4, 0.5) is 5.69 Å². The second-order valence-corrected chi connectivity index (χ2v) is 5.23. The molecule has 0 fully saturated rings. The van der Waals surface area contributed by atoms with Gasteiger partial charge in [0.05, 0.1) is 6.54 Å². The van der Waals surface area contributed by atoms with E-state index in [2.05, 4.69) is 33.1 Å². The lowest BCUT2D eigenvalue weighted by molar-refractivity contribution is 0.322. The molecule has 2 rings (SSSR count). The van der Waals surface area contributed by atoms with Gasteiger partial charge >= 0.3 is 0 Å². The highest BCUT2D eigenvalue weighted by Crippen LogP contribution is 2.07. The third-order valence-electron chi connectivity index (χ3n) is 3.38. The zero-order valence-electron chi connectivity index (χ0n) is 14.2. The van der Waals surface area contributed by atoms with E-state index in [1.54, 1.807) is 7.05 Å². The molecule has 2 aromatic rings. The summed E-state index contributed by atoms with van der Waals surface area (Å²) in [6, 6.07) is 20.0. The van der Waals surface area contributed by atoms with Crippen molar-refractivity contribution in [2.75, 3.05) is 38.6 Å². The molecule has 0 radical (unpaired) electrons. The van der Waals surface area contributed by atoms with Crippen LogP contribution >= 0.6 is 0 Å². The van der Waals surface area contributed by atoms with Gasteiger partial charge in [0.15, 0.2) is 5.96 Å². The molecule has 0 saturated heterocycles. The fourth-order valence-corrected chi connectivity index (χ4v) is 2.16. The van der Waals surface area contributed by atoms with Gasteiger partial charge in [0.25, 0.3) is 0 Å². The third kappa shape index (κ3) is 7.05. The molecule has 0 unspecified atom stereocenters. The van der Waals surface area contributed by atoms with Crippen molar-refractivity contribution in [3.8, 4) is 5.75 Å². The molecule has 0 atom stereocenters. The molecule has 5 heteroatoms. The summed E-state index contributed by atoms with van der Waals surface area (Å²) in [6.07, 6.45) is 1.01. The Kier molecular flexibility index (Phi) is 8.05. The number of rotatable bonds is 9. The molecular formula is C19H26N4O. The Labute approximate surface area is 144 Å². The highest BCUT2D eigenvalue weighted by Gasteiger charge is 1.97. The summed E-state index contributed by atoms with van der Waals surface area (Å²) in [5, 5.41) is 9.93. The van der Waals surface area contributed by atoms with Crippen LogP contribution in [-0.2, 0) is 0 Å². The second kappa shape index (κ2) is 10.9. The van der Waals surface area contributed by atoms with Crippen molar-refractivity contribution in [3.63, 3.8) is 0 Å². The zero-order valence-corrected chi connectivity index (χ0v) is 14.2. The van der Waals surface area contributed by atoms with Gasteiger partial charge in [-0.3, -0.25) is 4.99 Å². The minimum Gasteiger partial charge on any atom is -0.492 e. The average molecular weight is 326 g/mol. The number of aliphatic imine (C=N–C) groups is 1. The van der Waals surface area contributed by atoms with Crippen molar-refractivity contribution < 1.29 is 4.74 Å². The monoisotopic (exact) mass is 326 g/mol. The first kappa shape index (κ1) is 17.7. The van der Waals surface area contributed by atoms with Gasteiger partial charge < -0.3 is 20.7 Å². The molecular weight excluding hydrogens is 300 g/mol. The first-order chi connectivity index (χ1) is 11.9. The molecule has 0 aliphatic heterocycles. The van der Waals surface area contributed by atoms with Gasteiger partial charge in [0, 0.05) is 25.8 Å². The number of anilines is 1. The normalized spacial score (nSPS) is 11.0. The van der Waals surface area contributed by atoms with Crippen LogP contribution in [0.25, 0.3) is 0 Å². The SMILES string of the molecule is CN=C(NCCCNc1ccccc1)NCCOc1ccccc1. The topological polar surface area (TPSA) is 57.7 Å². The van der Waals surface area contributed by atoms with Crippen molar-refractivity contribution in [2.45, 2.75) is 6.42 Å². The molecule has 2 aromatic carbocycles. The summed E-state index contributed by atoms with van der Waals surface area (Å²) in [4.78, 5) is 4.21. The largest absolute Gasteiger partial charge is 0.492 e. The predicted molar refractivity (Wildman–Crippen MR) is 101 cm³/mol. The summed E-state index contributed by atoms with van der Waals surface area (Å²) in [6.45, 7) is 3.08. The number of ether oxygens (including phenoxy) is 1. The van der Waals surface area contributed by atoms with E-state index >= 15 is 0 Å². The van der Waals surface area contributed by atoms with E-state index in [0.717, 1.165) is 36.9 Å². The first-order valence-electron chi connectivity index (χ1n) is 8.30. The Hall–Kier alpha value is -2.69. The van der Waals surface area contributed by atoms with Gasteiger partial charge in [-0.2, -0.15) is 0 Å². The van der Waals surface area contributed by atoms with Crippen LogP contribution in [0.5, 0.6) is 5.75 Å². The fraction of sp³-hybridized carbons (Fsp3) is 0.316. The highest BCUT2D eigenvalue weighted by molar-refractivity contribution is 5.79. The van der Waals surface area contributed by atoms with Crippen molar-refractivity contribution in [2.24, 2.45) is 4.99 Å². The predicted octanol–water partition coefficient (Wildman–Crippen LogP) is 2.73. The number of nitrogens with zero attached hydrogens (tertiary/aromatic N) is 1. The Morgan fingerprint density at radius 2 is 1.54 bits per heavy atom. The number of guanidine groups is 1. The molecule has 0 aliphatic carbocycles. The van der Waals surface area contributed by atoms with E-state index in [4.69, 9.17) is 4.74 Å². The maximum atomic E-state index is 5.64. The van der Waals surface area contributed by atoms with Crippen LogP contribution in [0.2, 0.25) is 0 Å². The third-order valence-corrected chi connectivity index (χ3v) is 3.38. The smallest absolute Gasteiger partial charge is 0.191 e. The lowest BCUT2D eigenvalue weighted by atomic mass is 10.3. The lowest BCUT2D eigenvalue weighted by Gasteiger charge is -2.13. The maximum absolute atomic E-state index is 5.64. The molecule has 5 nitrogen and oxygen atoms in total. The van der Waals surface area contributed by atoms with Crippen LogP contribution < -0.4 is 20.7 Å². The molecule has 0 bridgehead atoms. The quantitative estimate of drug-likeness (QED) is 0.377. The molecule has 0 saturated carbocycles. The highest BCUT2D eigenvalue weighted by atomic mass is 16.5. The van der Waals surface area contributed by atoms with Gasteiger partial charge in [-0.15, -0.1) is 0 Å². The van der Waals surface area contributed by atoms with Crippen molar-refractivity contribution in [1.29, 1.82) is 0 Å². The molecule has 0 aliphatic rings. The summed E-state index contributed by atoms with van der Waals surface area (Å²) >= 11 is 0. The Morgan fingerprint density at radius 3 is 2.25 bits per heavy atom. The first-order valence-corrected chi connectivity index (χ1v) is 8.30. The number of nitrogens with one attached hydrogen (secondary N) is 3. The number of benzene rings is 2. The van der Waals surface area contributed by atoms with E-state index in [-0.39, 0.29) is 0 Å². The molecule has 0 aromatic heterocycles. The zero-order chi connectivity index (χ0) is 16.9. The van der Waals surface area contributed by atoms with E-state index in [0.29, 0.717) is 13.2 Å². The number of hydrogen-bond acceptors (Lipinski definition) is 3.